The number of carbonyl (C=O) groups is 1. The van der Waals surface area contributed by atoms with E-state index in [1.54, 1.807) is 0 Å². The minimum Gasteiger partial charge on any atom is -0.481 e. The Labute approximate surface area is 137 Å². The number of carboxylic acids is 1. The summed E-state index contributed by atoms with van der Waals surface area (Å²) in [6, 6.07) is 8.04. The van der Waals surface area contributed by atoms with E-state index in [1.807, 2.05) is 30.5 Å². The molecular formula is C17H17BrN2O2. The average Bonchev–Trinajstić information content (AvgIpc) is 3.22. The van der Waals surface area contributed by atoms with Gasteiger partial charge in [0.1, 0.15) is 5.82 Å². The molecule has 1 aromatic heterocycles. The largest absolute Gasteiger partial charge is 0.481 e. The van der Waals surface area contributed by atoms with Crippen LogP contribution in [-0.4, -0.2) is 21.0 Å². The molecule has 2 aliphatic rings. The van der Waals surface area contributed by atoms with Gasteiger partial charge in [0.15, 0.2) is 0 Å². The fourth-order valence-corrected chi connectivity index (χ4v) is 4.59. The zero-order chi connectivity index (χ0) is 15.3. The highest BCUT2D eigenvalue weighted by atomic mass is 79.9. The SMILES string of the molecule is O=C(O)[C@@H]1[C@@H]2CC[C@@H](C2)[C@H]1c1ncc(-c2ccc(Br)cc2)[nH]1. The van der Waals surface area contributed by atoms with Gasteiger partial charge in [0.25, 0.3) is 0 Å². The molecule has 2 bridgehead atoms. The van der Waals surface area contributed by atoms with E-state index < -0.39 is 5.97 Å². The molecule has 0 amide bonds. The summed E-state index contributed by atoms with van der Waals surface area (Å²) in [7, 11) is 0. The molecule has 2 aliphatic carbocycles. The van der Waals surface area contributed by atoms with Gasteiger partial charge in [-0.25, -0.2) is 4.98 Å². The number of fused-ring (bicyclic) bond motifs is 2. The van der Waals surface area contributed by atoms with Crippen molar-refractivity contribution in [3.63, 3.8) is 0 Å². The van der Waals surface area contributed by atoms with Gasteiger partial charge >= 0.3 is 5.97 Å². The van der Waals surface area contributed by atoms with Gasteiger partial charge in [0, 0.05) is 10.4 Å². The molecule has 1 aromatic carbocycles. The third kappa shape index (κ3) is 2.19. The molecule has 0 radical (unpaired) electrons. The lowest BCUT2D eigenvalue weighted by Gasteiger charge is -2.26. The number of nitrogens with one attached hydrogen (secondary N) is 1. The molecule has 4 rings (SSSR count). The maximum atomic E-state index is 11.6. The minimum atomic E-state index is -0.668. The Morgan fingerprint density at radius 2 is 1.95 bits per heavy atom. The summed E-state index contributed by atoms with van der Waals surface area (Å²) >= 11 is 3.43. The van der Waals surface area contributed by atoms with E-state index in [1.165, 1.54) is 0 Å². The Bertz CT molecular complexity index is 710. The molecule has 0 saturated heterocycles. The summed E-state index contributed by atoms with van der Waals surface area (Å²) in [4.78, 5) is 19.5. The van der Waals surface area contributed by atoms with Gasteiger partial charge in [-0.1, -0.05) is 28.1 Å². The number of nitrogens with zero attached hydrogens (tertiary/aromatic N) is 1. The first-order valence-electron chi connectivity index (χ1n) is 7.67. The van der Waals surface area contributed by atoms with Gasteiger partial charge < -0.3 is 10.1 Å². The molecule has 2 saturated carbocycles. The molecular weight excluding hydrogens is 344 g/mol. The van der Waals surface area contributed by atoms with Crippen molar-refractivity contribution in [2.45, 2.75) is 25.2 Å². The number of hydrogen-bond acceptors (Lipinski definition) is 2. The highest BCUT2D eigenvalue weighted by Crippen LogP contribution is 2.56. The van der Waals surface area contributed by atoms with Gasteiger partial charge in [-0.3, -0.25) is 4.79 Å². The van der Waals surface area contributed by atoms with E-state index in [0.29, 0.717) is 11.8 Å². The van der Waals surface area contributed by atoms with Crippen LogP contribution in [-0.2, 0) is 4.79 Å². The molecule has 4 atom stereocenters. The zero-order valence-electron chi connectivity index (χ0n) is 12.0. The standard InChI is InChI=1S/C17H17BrN2O2/c18-12-5-3-9(4-6-12)13-8-19-16(20-13)14-10-1-2-11(7-10)15(14)17(21)22/h3-6,8,10-11,14-15H,1-2,7H2,(H,19,20)(H,21,22)/t10-,11+,14+,15+/m0/s1. The Hall–Kier alpha value is -1.62. The summed E-state index contributed by atoms with van der Waals surface area (Å²) in [6.45, 7) is 0. The minimum absolute atomic E-state index is 0.0421. The number of halogens is 1. The Kier molecular flexibility index (Phi) is 3.33. The maximum Gasteiger partial charge on any atom is 0.307 e. The van der Waals surface area contributed by atoms with E-state index >= 15 is 0 Å². The van der Waals surface area contributed by atoms with E-state index in [-0.39, 0.29) is 11.8 Å². The van der Waals surface area contributed by atoms with Crippen molar-refractivity contribution in [3.8, 4) is 11.3 Å². The van der Waals surface area contributed by atoms with Crippen LogP contribution < -0.4 is 0 Å². The van der Waals surface area contributed by atoms with Crippen molar-refractivity contribution in [2.75, 3.05) is 0 Å². The molecule has 0 aliphatic heterocycles. The lowest BCUT2D eigenvalue weighted by molar-refractivity contribution is -0.144. The molecule has 2 fully saturated rings. The van der Waals surface area contributed by atoms with Crippen LogP contribution in [0.5, 0.6) is 0 Å². The molecule has 0 unspecified atom stereocenters. The number of benzene rings is 1. The fourth-order valence-electron chi connectivity index (χ4n) is 4.32. The van der Waals surface area contributed by atoms with E-state index in [2.05, 4.69) is 25.9 Å². The Morgan fingerprint density at radius 3 is 2.68 bits per heavy atom. The summed E-state index contributed by atoms with van der Waals surface area (Å²) in [5.41, 5.74) is 2.02. The number of aliphatic carboxylic acids is 1. The molecule has 4 nitrogen and oxygen atoms in total. The molecule has 0 spiro atoms. The van der Waals surface area contributed by atoms with E-state index in [0.717, 1.165) is 40.8 Å². The van der Waals surface area contributed by atoms with Crippen molar-refractivity contribution in [1.82, 2.24) is 9.97 Å². The van der Waals surface area contributed by atoms with Crippen molar-refractivity contribution in [2.24, 2.45) is 17.8 Å². The van der Waals surface area contributed by atoms with Crippen LogP contribution in [0.2, 0.25) is 0 Å². The van der Waals surface area contributed by atoms with Crippen LogP contribution >= 0.6 is 15.9 Å². The topological polar surface area (TPSA) is 66.0 Å². The van der Waals surface area contributed by atoms with Crippen LogP contribution in [0.3, 0.4) is 0 Å². The fraction of sp³-hybridized carbons (Fsp3) is 0.412. The lowest BCUT2D eigenvalue weighted by Crippen LogP contribution is -2.28. The van der Waals surface area contributed by atoms with E-state index in [9.17, 15) is 9.90 Å². The summed E-state index contributed by atoms with van der Waals surface area (Å²) < 4.78 is 1.04. The van der Waals surface area contributed by atoms with Gasteiger partial charge in [-0.2, -0.15) is 0 Å². The van der Waals surface area contributed by atoms with Crippen molar-refractivity contribution in [3.05, 3.63) is 40.8 Å². The predicted octanol–water partition coefficient (Wildman–Crippen LogP) is 4.05. The van der Waals surface area contributed by atoms with Crippen LogP contribution in [0.1, 0.15) is 31.0 Å². The average molecular weight is 361 g/mol. The second-order valence-corrected chi connectivity index (χ2v) is 7.33. The van der Waals surface area contributed by atoms with Gasteiger partial charge in [0.2, 0.25) is 0 Å². The third-order valence-corrected chi connectivity index (χ3v) is 5.80. The van der Waals surface area contributed by atoms with Gasteiger partial charge in [-0.15, -0.1) is 0 Å². The second kappa shape index (κ2) is 5.23. The first-order valence-corrected chi connectivity index (χ1v) is 8.46. The van der Waals surface area contributed by atoms with Crippen LogP contribution in [0.25, 0.3) is 11.3 Å². The quantitative estimate of drug-likeness (QED) is 0.867. The van der Waals surface area contributed by atoms with Crippen LogP contribution in [0, 0.1) is 17.8 Å². The Balaban J connectivity index is 1.66. The molecule has 1 heterocycles. The first kappa shape index (κ1) is 14.0. The smallest absolute Gasteiger partial charge is 0.307 e. The van der Waals surface area contributed by atoms with E-state index in [4.69, 9.17) is 0 Å². The number of H-pyrrole nitrogens is 1. The lowest BCUT2D eigenvalue weighted by atomic mass is 9.79. The van der Waals surface area contributed by atoms with Crippen LogP contribution in [0.4, 0.5) is 0 Å². The van der Waals surface area contributed by atoms with Gasteiger partial charge in [-0.05, 0) is 48.8 Å². The maximum absolute atomic E-state index is 11.6. The third-order valence-electron chi connectivity index (χ3n) is 5.27. The molecule has 5 heteroatoms. The summed E-state index contributed by atoms with van der Waals surface area (Å²) in [5.74, 6) is 0.739. The van der Waals surface area contributed by atoms with Crippen LogP contribution in [0.15, 0.2) is 34.9 Å². The molecule has 2 aromatic rings. The highest BCUT2D eigenvalue weighted by Gasteiger charge is 2.52. The first-order chi connectivity index (χ1) is 10.6. The summed E-state index contributed by atoms with van der Waals surface area (Å²) in [6.07, 6.45) is 5.05. The molecule has 2 N–H and O–H groups in total. The number of rotatable bonds is 3. The van der Waals surface area contributed by atoms with Crippen molar-refractivity contribution >= 4 is 21.9 Å². The molecule has 114 valence electrons. The number of hydrogen-bond donors (Lipinski definition) is 2. The summed E-state index contributed by atoms with van der Waals surface area (Å²) in [5, 5.41) is 9.57. The zero-order valence-corrected chi connectivity index (χ0v) is 13.6. The predicted molar refractivity (Wildman–Crippen MR) is 86.4 cm³/mol. The number of aromatic amines is 1. The number of aromatic nitrogens is 2. The number of imidazole rings is 1. The highest BCUT2D eigenvalue weighted by molar-refractivity contribution is 9.10. The monoisotopic (exact) mass is 360 g/mol. The van der Waals surface area contributed by atoms with Crippen molar-refractivity contribution < 1.29 is 9.90 Å². The van der Waals surface area contributed by atoms with Gasteiger partial charge in [0.05, 0.1) is 17.8 Å². The second-order valence-electron chi connectivity index (χ2n) is 6.41. The van der Waals surface area contributed by atoms with Crippen molar-refractivity contribution in [1.29, 1.82) is 0 Å². The molecule has 22 heavy (non-hydrogen) atoms. The normalized spacial score (nSPS) is 29.9. The Morgan fingerprint density at radius 1 is 1.23 bits per heavy atom. The number of carboxylic acid groups (broad SMARTS) is 1.